The fourth-order valence-electron chi connectivity index (χ4n) is 2.08. The molecule has 0 fully saturated rings. The third kappa shape index (κ3) is 4.02. The van der Waals surface area contributed by atoms with Crippen LogP contribution in [0.2, 0.25) is 0 Å². The summed E-state index contributed by atoms with van der Waals surface area (Å²) in [7, 11) is 2.06. The molecule has 0 aliphatic heterocycles. The Hall–Kier alpha value is -1.46. The lowest BCUT2D eigenvalue weighted by Crippen LogP contribution is -2.23. The SMILES string of the molecule is Cc1cc(CNC(C)C)cnc1N(C)Cc1cscn1. The first-order chi connectivity index (χ1) is 9.56. The number of hydrogen-bond acceptors (Lipinski definition) is 5. The Kier molecular flexibility index (Phi) is 5.09. The summed E-state index contributed by atoms with van der Waals surface area (Å²) in [5.74, 6) is 1.02. The zero-order chi connectivity index (χ0) is 14.5. The van der Waals surface area contributed by atoms with Crippen LogP contribution in [-0.4, -0.2) is 23.1 Å². The molecule has 0 aliphatic carbocycles. The Morgan fingerprint density at radius 1 is 1.35 bits per heavy atom. The zero-order valence-electron chi connectivity index (χ0n) is 12.6. The molecule has 108 valence electrons. The molecule has 0 spiro atoms. The molecule has 2 aromatic rings. The van der Waals surface area contributed by atoms with Gasteiger partial charge in [0.1, 0.15) is 5.82 Å². The van der Waals surface area contributed by atoms with Gasteiger partial charge in [-0.25, -0.2) is 9.97 Å². The van der Waals surface area contributed by atoms with Gasteiger partial charge in [0.05, 0.1) is 17.7 Å². The lowest BCUT2D eigenvalue weighted by molar-refractivity contribution is 0.587. The molecule has 5 heteroatoms. The van der Waals surface area contributed by atoms with Crippen molar-refractivity contribution in [2.24, 2.45) is 0 Å². The van der Waals surface area contributed by atoms with Gasteiger partial charge in [0.2, 0.25) is 0 Å². The number of nitrogens with one attached hydrogen (secondary N) is 1. The molecule has 20 heavy (non-hydrogen) atoms. The average Bonchev–Trinajstić information content (AvgIpc) is 2.89. The number of hydrogen-bond donors (Lipinski definition) is 1. The zero-order valence-corrected chi connectivity index (χ0v) is 13.4. The second-order valence-electron chi connectivity index (χ2n) is 5.36. The normalized spacial score (nSPS) is 11.1. The van der Waals surface area contributed by atoms with Crippen LogP contribution in [0.3, 0.4) is 0 Å². The molecule has 4 nitrogen and oxygen atoms in total. The topological polar surface area (TPSA) is 41.1 Å². The molecule has 2 heterocycles. The average molecular weight is 290 g/mol. The van der Waals surface area contributed by atoms with Crippen molar-refractivity contribution in [3.63, 3.8) is 0 Å². The number of thiazole rings is 1. The van der Waals surface area contributed by atoms with Gasteiger partial charge in [-0.3, -0.25) is 0 Å². The molecule has 2 rings (SSSR count). The van der Waals surface area contributed by atoms with Gasteiger partial charge in [-0.2, -0.15) is 0 Å². The molecule has 0 aromatic carbocycles. The maximum Gasteiger partial charge on any atom is 0.131 e. The molecule has 0 saturated carbocycles. The number of aromatic nitrogens is 2. The van der Waals surface area contributed by atoms with E-state index in [2.05, 4.69) is 59.4 Å². The Morgan fingerprint density at radius 3 is 2.75 bits per heavy atom. The number of nitrogens with zero attached hydrogens (tertiary/aromatic N) is 3. The molecular formula is C15H22N4S. The molecule has 0 amide bonds. The van der Waals surface area contributed by atoms with Gasteiger partial charge < -0.3 is 10.2 Å². The van der Waals surface area contributed by atoms with Gasteiger partial charge in [0.25, 0.3) is 0 Å². The Balaban J connectivity index is 2.05. The summed E-state index contributed by atoms with van der Waals surface area (Å²) in [4.78, 5) is 11.1. The van der Waals surface area contributed by atoms with Crippen molar-refractivity contribution in [2.75, 3.05) is 11.9 Å². The minimum atomic E-state index is 0.488. The predicted octanol–water partition coefficient (Wildman–Crippen LogP) is 2.98. The summed E-state index contributed by atoms with van der Waals surface area (Å²) in [6, 6.07) is 2.69. The standard InChI is InChI=1S/C15H22N4S/c1-11(2)16-6-13-5-12(3)15(17-7-13)19(4)8-14-9-20-10-18-14/h5,7,9-11,16H,6,8H2,1-4H3. The van der Waals surface area contributed by atoms with Crippen LogP contribution in [0.4, 0.5) is 5.82 Å². The second-order valence-corrected chi connectivity index (χ2v) is 6.07. The van der Waals surface area contributed by atoms with Gasteiger partial charge in [-0.1, -0.05) is 13.8 Å². The highest BCUT2D eigenvalue weighted by molar-refractivity contribution is 7.07. The van der Waals surface area contributed by atoms with E-state index in [0.717, 1.165) is 24.6 Å². The smallest absolute Gasteiger partial charge is 0.131 e. The molecule has 2 aromatic heterocycles. The summed E-state index contributed by atoms with van der Waals surface area (Å²) >= 11 is 1.63. The van der Waals surface area contributed by atoms with E-state index in [9.17, 15) is 0 Å². The molecule has 0 saturated heterocycles. The van der Waals surface area contributed by atoms with Crippen LogP contribution in [0.15, 0.2) is 23.2 Å². The van der Waals surface area contributed by atoms with Gasteiger partial charge in [-0.15, -0.1) is 11.3 Å². The lowest BCUT2D eigenvalue weighted by Gasteiger charge is -2.20. The Morgan fingerprint density at radius 2 is 2.15 bits per heavy atom. The highest BCUT2D eigenvalue weighted by atomic mass is 32.1. The molecular weight excluding hydrogens is 268 g/mol. The minimum absolute atomic E-state index is 0.488. The fraction of sp³-hybridized carbons (Fsp3) is 0.467. The minimum Gasteiger partial charge on any atom is -0.354 e. The van der Waals surface area contributed by atoms with Crippen molar-refractivity contribution in [3.8, 4) is 0 Å². The van der Waals surface area contributed by atoms with Gasteiger partial charge in [-0.05, 0) is 24.1 Å². The first kappa shape index (κ1) is 14.9. The molecule has 1 N–H and O–H groups in total. The monoisotopic (exact) mass is 290 g/mol. The van der Waals surface area contributed by atoms with Crippen LogP contribution in [-0.2, 0) is 13.1 Å². The van der Waals surface area contributed by atoms with Crippen LogP contribution in [0.25, 0.3) is 0 Å². The van der Waals surface area contributed by atoms with Crippen LogP contribution < -0.4 is 10.2 Å². The largest absolute Gasteiger partial charge is 0.354 e. The van der Waals surface area contributed by atoms with Crippen LogP contribution in [0.5, 0.6) is 0 Å². The van der Waals surface area contributed by atoms with Gasteiger partial charge >= 0.3 is 0 Å². The Labute approximate surface area is 124 Å². The predicted molar refractivity (Wildman–Crippen MR) is 85.2 cm³/mol. The molecule has 0 unspecified atom stereocenters. The quantitative estimate of drug-likeness (QED) is 0.888. The maximum absolute atomic E-state index is 4.60. The van der Waals surface area contributed by atoms with E-state index in [1.807, 2.05) is 11.7 Å². The summed E-state index contributed by atoms with van der Waals surface area (Å²) in [6.45, 7) is 8.06. The van der Waals surface area contributed by atoms with E-state index in [-0.39, 0.29) is 0 Å². The molecule has 0 bridgehead atoms. The third-order valence-electron chi connectivity index (χ3n) is 3.07. The van der Waals surface area contributed by atoms with E-state index < -0.39 is 0 Å². The molecule has 0 aliphatic rings. The second kappa shape index (κ2) is 6.81. The van der Waals surface area contributed by atoms with Crippen LogP contribution in [0, 0.1) is 6.92 Å². The highest BCUT2D eigenvalue weighted by Crippen LogP contribution is 2.18. The van der Waals surface area contributed by atoms with Gasteiger partial charge in [0.15, 0.2) is 0 Å². The molecule has 0 atom stereocenters. The van der Waals surface area contributed by atoms with Crippen molar-refractivity contribution in [1.82, 2.24) is 15.3 Å². The lowest BCUT2D eigenvalue weighted by atomic mass is 10.2. The van der Waals surface area contributed by atoms with Crippen molar-refractivity contribution >= 4 is 17.2 Å². The fourth-order valence-corrected chi connectivity index (χ4v) is 2.63. The van der Waals surface area contributed by atoms with Gasteiger partial charge in [0, 0.05) is 31.2 Å². The number of aryl methyl sites for hydroxylation is 1. The van der Waals surface area contributed by atoms with E-state index in [1.165, 1.54) is 11.1 Å². The highest BCUT2D eigenvalue weighted by Gasteiger charge is 2.09. The van der Waals surface area contributed by atoms with Crippen molar-refractivity contribution < 1.29 is 0 Å². The number of rotatable bonds is 6. The van der Waals surface area contributed by atoms with Crippen LogP contribution in [0.1, 0.15) is 30.7 Å². The Bertz CT molecular complexity index is 537. The van der Waals surface area contributed by atoms with Crippen molar-refractivity contribution in [1.29, 1.82) is 0 Å². The summed E-state index contributed by atoms with van der Waals surface area (Å²) in [6.07, 6.45) is 1.95. The summed E-state index contributed by atoms with van der Waals surface area (Å²) in [5, 5.41) is 5.49. The van der Waals surface area contributed by atoms with Crippen molar-refractivity contribution in [3.05, 3.63) is 40.0 Å². The number of anilines is 1. The molecule has 0 radical (unpaired) electrons. The van der Waals surface area contributed by atoms with E-state index >= 15 is 0 Å². The van der Waals surface area contributed by atoms with E-state index in [1.54, 1.807) is 11.3 Å². The van der Waals surface area contributed by atoms with Crippen molar-refractivity contribution in [2.45, 2.75) is 39.9 Å². The number of pyridine rings is 1. The van der Waals surface area contributed by atoms with Crippen LogP contribution >= 0.6 is 11.3 Å². The van der Waals surface area contributed by atoms with E-state index in [0.29, 0.717) is 6.04 Å². The first-order valence-electron chi connectivity index (χ1n) is 6.83. The summed E-state index contributed by atoms with van der Waals surface area (Å²) < 4.78 is 0. The first-order valence-corrected chi connectivity index (χ1v) is 7.77. The van der Waals surface area contributed by atoms with E-state index in [4.69, 9.17) is 0 Å². The maximum atomic E-state index is 4.60. The third-order valence-corrected chi connectivity index (χ3v) is 3.70. The summed E-state index contributed by atoms with van der Waals surface area (Å²) in [5.41, 5.74) is 5.38.